The molecule has 0 bridgehead atoms. The molecule has 2 saturated heterocycles. The average Bonchev–Trinajstić information content (AvgIpc) is 4.12. The molecule has 2 aromatic heterocycles. The molecule has 14 heteroatoms. The van der Waals surface area contributed by atoms with Gasteiger partial charge in [0.1, 0.15) is 23.7 Å². The molecule has 5 atom stereocenters. The van der Waals surface area contributed by atoms with E-state index in [0.717, 1.165) is 82.5 Å². The minimum atomic E-state index is -0.686. The molecule has 3 aromatic carbocycles. The Bertz CT molecular complexity index is 2590. The minimum Gasteiger partial charge on any atom is -0.453 e. The molecular weight excluding hydrogens is 797 g/mol. The van der Waals surface area contributed by atoms with Gasteiger partial charge in [-0.3, -0.25) is 9.59 Å². The normalized spacial score (nSPS) is 19.9. The molecule has 0 saturated carbocycles. The van der Waals surface area contributed by atoms with E-state index in [0.29, 0.717) is 13.1 Å². The zero-order valence-electron chi connectivity index (χ0n) is 37.2. The maximum atomic E-state index is 13.7. The first kappa shape index (κ1) is 43.2. The molecule has 5 aromatic rings. The topological polar surface area (TPSA) is 175 Å². The second-order valence-corrected chi connectivity index (χ2v) is 17.8. The van der Waals surface area contributed by atoms with Gasteiger partial charge in [-0.15, -0.1) is 0 Å². The largest absolute Gasteiger partial charge is 0.453 e. The monoisotopic (exact) mass is 854 g/mol. The van der Waals surface area contributed by atoms with Gasteiger partial charge in [-0.25, -0.2) is 19.6 Å². The van der Waals surface area contributed by atoms with Crippen molar-refractivity contribution in [1.29, 1.82) is 0 Å². The number of hydrogen-bond donors (Lipinski definition) is 4. The summed E-state index contributed by atoms with van der Waals surface area (Å²) in [7, 11) is 2.60. The zero-order valence-corrected chi connectivity index (χ0v) is 37.2. The lowest BCUT2D eigenvalue weighted by Gasteiger charge is -2.29. The summed E-state index contributed by atoms with van der Waals surface area (Å²) in [5.74, 6) is 1.33. The Morgan fingerprint density at radius 3 is 1.59 bits per heavy atom. The highest BCUT2D eigenvalue weighted by atomic mass is 16.5. The van der Waals surface area contributed by atoms with Gasteiger partial charge in [-0.05, 0) is 108 Å². The van der Waals surface area contributed by atoms with Gasteiger partial charge in [0.2, 0.25) is 11.8 Å². The molecule has 330 valence electrons. The fourth-order valence-electron chi connectivity index (χ4n) is 9.45. The highest BCUT2D eigenvalue weighted by Crippen LogP contribution is 2.39. The lowest BCUT2D eigenvalue weighted by Crippen LogP contribution is -2.51. The quantitative estimate of drug-likeness (QED) is 0.102. The highest BCUT2D eigenvalue weighted by Gasteiger charge is 2.39. The number of likely N-dealkylation sites (tertiary alicyclic amines) is 2. The Morgan fingerprint density at radius 1 is 0.651 bits per heavy atom. The van der Waals surface area contributed by atoms with Crippen LogP contribution in [0.5, 0.6) is 0 Å². The SMILES string of the molecule is COC(=O)N[C@H](C(=O)N1CCC[C@H]1c1nc2ccc(C3=CC=C(c4ccc(-c5ccc6nc([C@@H]7CCCN7C(=O)[C@@H](NC(=O)OC)C(C)C)[nH]c6c5)cc4)CC3C)cc2[nH]1)C(C)C. The number of aromatic nitrogens is 4. The van der Waals surface area contributed by atoms with Crippen molar-refractivity contribution < 1.29 is 28.7 Å². The number of H-pyrrole nitrogens is 2. The van der Waals surface area contributed by atoms with Gasteiger partial charge in [0.05, 0.1) is 48.4 Å². The zero-order chi connectivity index (χ0) is 44.5. The van der Waals surface area contributed by atoms with Gasteiger partial charge in [0.15, 0.2) is 0 Å². The van der Waals surface area contributed by atoms with Crippen LogP contribution in [0.4, 0.5) is 9.59 Å². The molecule has 4 amide bonds. The van der Waals surface area contributed by atoms with E-state index >= 15 is 0 Å². The Labute approximate surface area is 367 Å². The van der Waals surface area contributed by atoms with Gasteiger partial charge in [-0.1, -0.05) is 83.2 Å². The van der Waals surface area contributed by atoms with Crippen LogP contribution in [0.1, 0.15) is 102 Å². The molecule has 14 nitrogen and oxygen atoms in total. The molecule has 0 spiro atoms. The van der Waals surface area contributed by atoms with Crippen molar-refractivity contribution >= 4 is 57.2 Å². The highest BCUT2D eigenvalue weighted by molar-refractivity contribution is 5.89. The van der Waals surface area contributed by atoms with Gasteiger partial charge < -0.3 is 39.9 Å². The van der Waals surface area contributed by atoms with Gasteiger partial charge in [-0.2, -0.15) is 0 Å². The number of benzene rings is 3. The fraction of sp³-hybridized carbons (Fsp3) is 0.429. The summed E-state index contributed by atoms with van der Waals surface area (Å²) in [5.41, 5.74) is 10.6. The number of ether oxygens (including phenoxy) is 2. The number of nitrogens with zero attached hydrogens (tertiary/aromatic N) is 4. The minimum absolute atomic E-state index is 0.102. The first-order chi connectivity index (χ1) is 30.3. The van der Waals surface area contributed by atoms with Crippen molar-refractivity contribution in [3.05, 3.63) is 95.6 Å². The fourth-order valence-corrected chi connectivity index (χ4v) is 9.45. The number of imidazole rings is 2. The van der Waals surface area contributed by atoms with Gasteiger partial charge in [0, 0.05) is 13.1 Å². The summed E-state index contributed by atoms with van der Waals surface area (Å²) in [5, 5.41) is 5.44. The maximum absolute atomic E-state index is 13.7. The van der Waals surface area contributed by atoms with Crippen molar-refractivity contribution in [2.45, 2.75) is 90.9 Å². The molecule has 3 aliphatic rings. The molecule has 4 N–H and O–H groups in total. The van der Waals surface area contributed by atoms with E-state index in [-0.39, 0.29) is 41.7 Å². The number of carbonyl (C=O) groups excluding carboxylic acids is 4. The standard InChI is InChI=1S/C49H58N8O6/c1-27(2)42(54-48(60)62-6)46(58)56-22-8-10-40(56)44-50-36-20-17-33(25-38(36)52-44)31-14-12-30(13-15-31)32-16-19-35(29(5)24-32)34-18-21-37-39(26-34)53-45(51-37)41-11-9-23-57(41)47(59)43(28(3)4)55-49(61)63-7/h12-21,25-29,40-43H,8-11,22-24H2,1-7H3,(H,50,52)(H,51,53)(H,54,60)(H,55,61)/t29?,40-,41-,42-,43-/m0/s1. The number of alkyl carbamates (subject to hydrolysis) is 2. The van der Waals surface area contributed by atoms with Crippen LogP contribution >= 0.6 is 0 Å². The second-order valence-electron chi connectivity index (χ2n) is 17.8. The number of carbonyl (C=O) groups is 4. The summed E-state index contributed by atoms with van der Waals surface area (Å²) in [6.07, 6.45) is 7.42. The number of aromatic amines is 2. The van der Waals surface area contributed by atoms with E-state index in [1.54, 1.807) is 0 Å². The van der Waals surface area contributed by atoms with Crippen molar-refractivity contribution in [1.82, 2.24) is 40.4 Å². The van der Waals surface area contributed by atoms with Crippen LogP contribution in [0.25, 0.3) is 44.3 Å². The Morgan fingerprint density at radius 2 is 1.11 bits per heavy atom. The smallest absolute Gasteiger partial charge is 0.407 e. The molecule has 1 unspecified atom stereocenters. The summed E-state index contributed by atoms with van der Waals surface area (Å²) >= 11 is 0. The average molecular weight is 855 g/mol. The lowest BCUT2D eigenvalue weighted by atomic mass is 9.82. The third kappa shape index (κ3) is 8.80. The van der Waals surface area contributed by atoms with Gasteiger partial charge >= 0.3 is 12.2 Å². The molecule has 2 aliphatic heterocycles. The first-order valence-electron chi connectivity index (χ1n) is 22.1. The number of rotatable bonds is 11. The summed E-state index contributed by atoms with van der Waals surface area (Å²) in [6.45, 7) is 11.1. The van der Waals surface area contributed by atoms with Crippen LogP contribution in [0.2, 0.25) is 0 Å². The van der Waals surface area contributed by atoms with Crippen LogP contribution in [-0.4, -0.2) is 93.1 Å². The third-order valence-corrected chi connectivity index (χ3v) is 12.9. The third-order valence-electron chi connectivity index (χ3n) is 12.9. The molecule has 63 heavy (non-hydrogen) atoms. The Kier molecular flexibility index (Phi) is 12.4. The van der Waals surface area contributed by atoms with Crippen molar-refractivity contribution in [3.8, 4) is 11.1 Å². The molecule has 1 aliphatic carbocycles. The van der Waals surface area contributed by atoms with E-state index < -0.39 is 24.3 Å². The molecule has 8 rings (SSSR count). The summed E-state index contributed by atoms with van der Waals surface area (Å²) < 4.78 is 9.58. The van der Waals surface area contributed by atoms with Crippen LogP contribution in [-0.2, 0) is 19.1 Å². The van der Waals surface area contributed by atoms with Crippen molar-refractivity contribution in [2.24, 2.45) is 17.8 Å². The molecular formula is C49H58N8O6. The Hall–Kier alpha value is -6.44. The van der Waals surface area contributed by atoms with Crippen LogP contribution < -0.4 is 10.6 Å². The van der Waals surface area contributed by atoms with E-state index in [2.05, 4.69) is 88.2 Å². The second kappa shape index (κ2) is 18.1. The number of allylic oxidation sites excluding steroid dienone is 4. The van der Waals surface area contributed by atoms with Crippen LogP contribution in [0.3, 0.4) is 0 Å². The number of fused-ring (bicyclic) bond motifs is 2. The van der Waals surface area contributed by atoms with E-state index in [9.17, 15) is 19.2 Å². The van der Waals surface area contributed by atoms with Crippen molar-refractivity contribution in [2.75, 3.05) is 27.3 Å². The summed E-state index contributed by atoms with van der Waals surface area (Å²) in [6, 6.07) is 19.5. The Balaban J connectivity index is 0.955. The lowest BCUT2D eigenvalue weighted by molar-refractivity contribution is -0.136. The predicted molar refractivity (Wildman–Crippen MR) is 243 cm³/mol. The number of hydrogen-bond acceptors (Lipinski definition) is 8. The number of methoxy groups -OCH3 is 2. The number of nitrogens with one attached hydrogen (secondary N) is 4. The maximum Gasteiger partial charge on any atom is 0.407 e. The number of amides is 4. The first-order valence-corrected chi connectivity index (χ1v) is 22.1. The van der Waals surface area contributed by atoms with Crippen molar-refractivity contribution in [3.63, 3.8) is 0 Å². The van der Waals surface area contributed by atoms with Gasteiger partial charge in [0.25, 0.3) is 0 Å². The van der Waals surface area contributed by atoms with Crippen LogP contribution in [0, 0.1) is 17.8 Å². The molecule has 4 heterocycles. The van der Waals surface area contributed by atoms with Crippen LogP contribution in [0.15, 0.2) is 72.8 Å². The molecule has 0 radical (unpaired) electrons. The van der Waals surface area contributed by atoms with E-state index in [1.165, 1.54) is 30.9 Å². The van der Waals surface area contributed by atoms with E-state index in [1.807, 2.05) is 49.6 Å². The summed E-state index contributed by atoms with van der Waals surface area (Å²) in [4.78, 5) is 72.0. The predicted octanol–water partition coefficient (Wildman–Crippen LogP) is 8.70. The molecule has 2 fully saturated rings. The van der Waals surface area contributed by atoms with E-state index in [4.69, 9.17) is 19.4 Å².